The Labute approximate surface area is 114 Å². The second kappa shape index (κ2) is 5.75. The molecule has 2 aromatic carbocycles. The van der Waals surface area contributed by atoms with E-state index in [0.29, 0.717) is 5.69 Å². The van der Waals surface area contributed by atoms with Crippen LogP contribution < -0.4 is 5.32 Å². The van der Waals surface area contributed by atoms with Crippen molar-refractivity contribution in [3.63, 3.8) is 0 Å². The minimum Gasteiger partial charge on any atom is -0.478 e. The normalized spacial score (nSPS) is 10.2. The SMILES string of the molecule is CSc1ccccc1Nc1c(F)cccc1C(=O)O. The molecule has 98 valence electrons. The van der Waals surface area contributed by atoms with Gasteiger partial charge in [-0.15, -0.1) is 11.8 Å². The van der Waals surface area contributed by atoms with E-state index in [2.05, 4.69) is 5.32 Å². The highest BCUT2D eigenvalue weighted by Crippen LogP contribution is 2.30. The van der Waals surface area contributed by atoms with Gasteiger partial charge in [-0.2, -0.15) is 0 Å². The number of para-hydroxylation sites is 2. The molecule has 0 atom stereocenters. The van der Waals surface area contributed by atoms with Crippen molar-refractivity contribution in [3.05, 3.63) is 53.8 Å². The van der Waals surface area contributed by atoms with E-state index < -0.39 is 11.8 Å². The fourth-order valence-corrected chi connectivity index (χ4v) is 2.27. The maximum absolute atomic E-state index is 13.8. The van der Waals surface area contributed by atoms with Crippen LogP contribution in [-0.2, 0) is 0 Å². The van der Waals surface area contributed by atoms with Crippen LogP contribution >= 0.6 is 11.8 Å². The van der Waals surface area contributed by atoms with Crippen molar-refractivity contribution < 1.29 is 14.3 Å². The smallest absolute Gasteiger partial charge is 0.337 e. The standard InChI is InChI=1S/C14H12FNO2S/c1-19-12-8-3-2-7-11(12)16-13-9(14(17)18)5-4-6-10(13)15/h2-8,16H,1H3,(H,17,18). The van der Waals surface area contributed by atoms with Crippen LogP contribution in [0.2, 0.25) is 0 Å². The second-order valence-corrected chi connectivity index (χ2v) is 4.64. The maximum Gasteiger partial charge on any atom is 0.337 e. The van der Waals surface area contributed by atoms with Gasteiger partial charge in [-0.3, -0.25) is 0 Å². The number of hydrogen-bond acceptors (Lipinski definition) is 3. The van der Waals surface area contributed by atoms with Crippen molar-refractivity contribution in [2.24, 2.45) is 0 Å². The van der Waals surface area contributed by atoms with Crippen molar-refractivity contribution >= 4 is 29.1 Å². The average molecular weight is 277 g/mol. The molecule has 0 aliphatic rings. The van der Waals surface area contributed by atoms with Gasteiger partial charge in [-0.05, 0) is 30.5 Å². The molecule has 0 aromatic heterocycles. The molecule has 0 saturated heterocycles. The molecule has 0 heterocycles. The third-order valence-corrected chi connectivity index (χ3v) is 3.41. The third kappa shape index (κ3) is 2.88. The van der Waals surface area contributed by atoms with Gasteiger partial charge in [-0.25, -0.2) is 9.18 Å². The van der Waals surface area contributed by atoms with Gasteiger partial charge in [0, 0.05) is 4.90 Å². The van der Waals surface area contributed by atoms with E-state index in [1.54, 1.807) is 6.07 Å². The molecule has 2 aromatic rings. The van der Waals surface area contributed by atoms with Crippen molar-refractivity contribution in [1.29, 1.82) is 0 Å². The Morgan fingerprint density at radius 3 is 2.63 bits per heavy atom. The molecule has 2 N–H and O–H groups in total. The number of aromatic carboxylic acids is 1. The summed E-state index contributed by atoms with van der Waals surface area (Å²) in [5.41, 5.74) is 0.579. The molecular weight excluding hydrogens is 265 g/mol. The molecule has 19 heavy (non-hydrogen) atoms. The van der Waals surface area contributed by atoms with E-state index in [0.717, 1.165) is 4.90 Å². The molecule has 0 aliphatic heterocycles. The molecule has 5 heteroatoms. The van der Waals surface area contributed by atoms with E-state index in [1.807, 2.05) is 24.5 Å². The Kier molecular flexibility index (Phi) is 4.06. The first-order valence-corrected chi connectivity index (χ1v) is 6.78. The number of thioether (sulfide) groups is 1. The molecule has 2 rings (SSSR count). The Balaban J connectivity index is 2.46. The fourth-order valence-electron chi connectivity index (χ4n) is 1.71. The lowest BCUT2D eigenvalue weighted by Crippen LogP contribution is -2.05. The summed E-state index contributed by atoms with van der Waals surface area (Å²) in [6.07, 6.45) is 1.90. The average Bonchev–Trinajstić information content (AvgIpc) is 2.41. The molecule has 0 aliphatic carbocycles. The van der Waals surface area contributed by atoms with Crippen LogP contribution in [0.5, 0.6) is 0 Å². The first kappa shape index (κ1) is 13.4. The van der Waals surface area contributed by atoms with E-state index in [9.17, 15) is 9.18 Å². The lowest BCUT2D eigenvalue weighted by atomic mass is 10.1. The van der Waals surface area contributed by atoms with Crippen molar-refractivity contribution in [2.75, 3.05) is 11.6 Å². The van der Waals surface area contributed by atoms with E-state index in [1.165, 1.54) is 30.0 Å². The quantitative estimate of drug-likeness (QED) is 0.830. The molecule has 0 spiro atoms. The van der Waals surface area contributed by atoms with Crippen molar-refractivity contribution in [1.82, 2.24) is 0 Å². The lowest BCUT2D eigenvalue weighted by Gasteiger charge is -2.13. The number of hydrogen-bond donors (Lipinski definition) is 2. The summed E-state index contributed by atoms with van der Waals surface area (Å²) < 4.78 is 13.8. The van der Waals surface area contributed by atoms with Crippen LogP contribution in [0.1, 0.15) is 10.4 Å². The Morgan fingerprint density at radius 1 is 1.21 bits per heavy atom. The van der Waals surface area contributed by atoms with Gasteiger partial charge >= 0.3 is 5.97 Å². The second-order valence-electron chi connectivity index (χ2n) is 3.79. The monoisotopic (exact) mass is 277 g/mol. The highest BCUT2D eigenvalue weighted by atomic mass is 32.2. The Bertz CT molecular complexity index is 616. The van der Waals surface area contributed by atoms with Gasteiger partial charge < -0.3 is 10.4 Å². The summed E-state index contributed by atoms with van der Waals surface area (Å²) in [5, 5.41) is 11.9. The first-order chi connectivity index (χ1) is 9.13. The predicted molar refractivity (Wildman–Crippen MR) is 74.9 cm³/mol. The number of carbonyl (C=O) groups is 1. The molecular formula is C14H12FNO2S. The molecule has 0 bridgehead atoms. The van der Waals surface area contributed by atoms with Crippen LogP contribution in [0.25, 0.3) is 0 Å². The van der Waals surface area contributed by atoms with Gasteiger partial charge in [-0.1, -0.05) is 18.2 Å². The number of anilines is 2. The van der Waals surface area contributed by atoms with Crippen molar-refractivity contribution in [3.8, 4) is 0 Å². The molecule has 3 nitrogen and oxygen atoms in total. The summed E-state index contributed by atoms with van der Waals surface area (Å²) in [6, 6.07) is 11.3. The molecule has 0 fully saturated rings. The zero-order chi connectivity index (χ0) is 13.8. The number of carboxylic acid groups (broad SMARTS) is 1. The number of halogens is 1. The largest absolute Gasteiger partial charge is 0.478 e. The first-order valence-electron chi connectivity index (χ1n) is 5.55. The zero-order valence-electron chi connectivity index (χ0n) is 10.2. The lowest BCUT2D eigenvalue weighted by molar-refractivity contribution is 0.0697. The van der Waals surface area contributed by atoms with Crippen LogP contribution in [-0.4, -0.2) is 17.3 Å². The predicted octanol–water partition coefficient (Wildman–Crippen LogP) is 3.99. The Morgan fingerprint density at radius 2 is 1.95 bits per heavy atom. The number of carboxylic acids is 1. The van der Waals surface area contributed by atoms with Crippen LogP contribution in [0, 0.1) is 5.82 Å². The van der Waals surface area contributed by atoms with E-state index in [4.69, 9.17) is 5.11 Å². The number of benzene rings is 2. The van der Waals surface area contributed by atoms with Crippen LogP contribution in [0.4, 0.5) is 15.8 Å². The fraction of sp³-hybridized carbons (Fsp3) is 0.0714. The molecule has 0 unspecified atom stereocenters. The van der Waals surface area contributed by atoms with Crippen molar-refractivity contribution in [2.45, 2.75) is 4.90 Å². The minimum absolute atomic E-state index is 0.0171. The summed E-state index contributed by atoms with van der Waals surface area (Å²) >= 11 is 1.50. The van der Waals surface area contributed by atoms with E-state index >= 15 is 0 Å². The molecule has 0 radical (unpaired) electrons. The summed E-state index contributed by atoms with van der Waals surface area (Å²) in [4.78, 5) is 12.0. The van der Waals surface area contributed by atoms with Gasteiger partial charge in [0.1, 0.15) is 5.82 Å². The third-order valence-electron chi connectivity index (χ3n) is 2.61. The molecule has 0 saturated carbocycles. The molecule has 0 amide bonds. The topological polar surface area (TPSA) is 49.3 Å². The number of rotatable bonds is 4. The van der Waals surface area contributed by atoms with Gasteiger partial charge in [0.2, 0.25) is 0 Å². The maximum atomic E-state index is 13.8. The zero-order valence-corrected chi connectivity index (χ0v) is 11.0. The van der Waals surface area contributed by atoms with Gasteiger partial charge in [0.25, 0.3) is 0 Å². The highest BCUT2D eigenvalue weighted by molar-refractivity contribution is 7.98. The van der Waals surface area contributed by atoms with Gasteiger partial charge in [0.05, 0.1) is 16.9 Å². The summed E-state index contributed by atoms with van der Waals surface area (Å²) in [7, 11) is 0. The summed E-state index contributed by atoms with van der Waals surface area (Å²) in [5.74, 6) is -1.75. The Hall–Kier alpha value is -2.01. The van der Waals surface area contributed by atoms with Crippen LogP contribution in [0.15, 0.2) is 47.4 Å². The van der Waals surface area contributed by atoms with Gasteiger partial charge in [0.15, 0.2) is 0 Å². The summed E-state index contributed by atoms with van der Waals surface area (Å²) in [6.45, 7) is 0. The highest BCUT2D eigenvalue weighted by Gasteiger charge is 2.15. The minimum atomic E-state index is -1.16. The van der Waals surface area contributed by atoms with E-state index in [-0.39, 0.29) is 11.3 Å². The van der Waals surface area contributed by atoms with Crippen LogP contribution in [0.3, 0.4) is 0 Å². The number of nitrogens with one attached hydrogen (secondary N) is 1.